The molecule has 1 aromatic heterocycles. The largest absolute Gasteiger partial charge is 0.312 e. The SMILES string of the molecule is O=c1[nH]c2cc3c(cc2s1)CCC3. The minimum absolute atomic E-state index is 0.0543. The number of aryl methyl sites for hydroxylation is 2. The van der Waals surface area contributed by atoms with Crippen molar-refractivity contribution in [1.82, 2.24) is 4.98 Å². The van der Waals surface area contributed by atoms with Gasteiger partial charge >= 0.3 is 4.87 Å². The average molecular weight is 191 g/mol. The number of hydrogen-bond acceptors (Lipinski definition) is 2. The van der Waals surface area contributed by atoms with Crippen molar-refractivity contribution in [1.29, 1.82) is 0 Å². The van der Waals surface area contributed by atoms with Crippen LogP contribution in [0.1, 0.15) is 17.5 Å². The Morgan fingerprint density at radius 1 is 1.23 bits per heavy atom. The van der Waals surface area contributed by atoms with Gasteiger partial charge in [-0.3, -0.25) is 4.79 Å². The topological polar surface area (TPSA) is 32.9 Å². The molecule has 3 heteroatoms. The average Bonchev–Trinajstić information content (AvgIpc) is 2.63. The number of rotatable bonds is 0. The third-order valence-electron chi connectivity index (χ3n) is 2.63. The molecule has 2 nitrogen and oxygen atoms in total. The van der Waals surface area contributed by atoms with Crippen molar-refractivity contribution in [2.75, 3.05) is 0 Å². The number of thiazole rings is 1. The molecular formula is C10H9NOS. The summed E-state index contributed by atoms with van der Waals surface area (Å²) < 4.78 is 1.10. The first kappa shape index (κ1) is 7.33. The van der Waals surface area contributed by atoms with Gasteiger partial charge in [0.05, 0.1) is 10.2 Å². The predicted molar refractivity (Wildman–Crippen MR) is 54.5 cm³/mol. The number of aromatic nitrogens is 1. The molecule has 1 aliphatic rings. The van der Waals surface area contributed by atoms with Crippen LogP contribution in [0, 0.1) is 0 Å². The Morgan fingerprint density at radius 3 is 2.85 bits per heavy atom. The van der Waals surface area contributed by atoms with Crippen LogP contribution in [0.3, 0.4) is 0 Å². The monoisotopic (exact) mass is 191 g/mol. The lowest BCUT2D eigenvalue weighted by Gasteiger charge is -1.97. The molecule has 0 saturated heterocycles. The van der Waals surface area contributed by atoms with E-state index in [9.17, 15) is 4.79 Å². The molecule has 1 N–H and O–H groups in total. The van der Waals surface area contributed by atoms with Crippen LogP contribution in [0.5, 0.6) is 0 Å². The zero-order valence-electron chi connectivity index (χ0n) is 7.09. The highest BCUT2D eigenvalue weighted by Gasteiger charge is 2.12. The predicted octanol–water partition coefficient (Wildman–Crippen LogP) is 2.08. The van der Waals surface area contributed by atoms with Crippen molar-refractivity contribution < 1.29 is 0 Å². The normalized spacial score (nSPS) is 15.1. The number of benzene rings is 1. The minimum Gasteiger partial charge on any atom is -0.312 e. The van der Waals surface area contributed by atoms with Gasteiger partial charge in [-0.05, 0) is 42.5 Å². The van der Waals surface area contributed by atoms with Gasteiger partial charge in [0, 0.05) is 0 Å². The van der Waals surface area contributed by atoms with E-state index >= 15 is 0 Å². The molecule has 0 spiro atoms. The molecule has 0 fully saturated rings. The smallest absolute Gasteiger partial charge is 0.305 e. The van der Waals surface area contributed by atoms with Gasteiger partial charge in [0.15, 0.2) is 0 Å². The van der Waals surface area contributed by atoms with E-state index in [4.69, 9.17) is 0 Å². The fourth-order valence-electron chi connectivity index (χ4n) is 2.02. The molecule has 0 bridgehead atoms. The van der Waals surface area contributed by atoms with E-state index in [0.29, 0.717) is 0 Å². The van der Waals surface area contributed by atoms with E-state index in [-0.39, 0.29) is 4.87 Å². The molecular weight excluding hydrogens is 182 g/mol. The van der Waals surface area contributed by atoms with Crippen molar-refractivity contribution in [2.24, 2.45) is 0 Å². The highest BCUT2D eigenvalue weighted by Crippen LogP contribution is 2.27. The number of hydrogen-bond donors (Lipinski definition) is 1. The molecule has 13 heavy (non-hydrogen) atoms. The molecule has 0 atom stereocenters. The Hall–Kier alpha value is -1.09. The van der Waals surface area contributed by atoms with Crippen molar-refractivity contribution in [2.45, 2.75) is 19.3 Å². The number of H-pyrrole nitrogens is 1. The molecule has 66 valence electrons. The Labute approximate surface area is 79.2 Å². The third-order valence-corrected chi connectivity index (χ3v) is 3.48. The standard InChI is InChI=1S/C10H9NOS/c12-10-11-8-4-6-2-1-3-7(6)5-9(8)13-10/h4-5H,1-3H2,(H,11,12). The maximum atomic E-state index is 11.1. The van der Waals surface area contributed by atoms with Gasteiger partial charge in [-0.2, -0.15) is 0 Å². The van der Waals surface area contributed by atoms with Crippen molar-refractivity contribution in [3.63, 3.8) is 0 Å². The quantitative estimate of drug-likeness (QED) is 0.679. The molecule has 1 heterocycles. The van der Waals surface area contributed by atoms with Gasteiger partial charge in [-0.25, -0.2) is 0 Å². The van der Waals surface area contributed by atoms with Crippen LogP contribution in [0.15, 0.2) is 16.9 Å². The van der Waals surface area contributed by atoms with Gasteiger partial charge in [-0.1, -0.05) is 11.3 Å². The summed E-state index contributed by atoms with van der Waals surface area (Å²) >= 11 is 1.31. The molecule has 0 amide bonds. The van der Waals surface area contributed by atoms with E-state index in [2.05, 4.69) is 17.1 Å². The maximum absolute atomic E-state index is 11.1. The maximum Gasteiger partial charge on any atom is 0.305 e. The molecule has 0 saturated carbocycles. The number of fused-ring (bicyclic) bond motifs is 2. The summed E-state index contributed by atoms with van der Waals surface area (Å²) in [6.07, 6.45) is 3.61. The van der Waals surface area contributed by atoms with Crippen LogP contribution in [0.4, 0.5) is 0 Å². The summed E-state index contributed by atoms with van der Waals surface area (Å²) in [6.45, 7) is 0. The fraction of sp³-hybridized carbons (Fsp3) is 0.300. The second-order valence-electron chi connectivity index (χ2n) is 3.49. The third kappa shape index (κ3) is 1.04. The molecule has 2 aromatic rings. The summed E-state index contributed by atoms with van der Waals surface area (Å²) in [4.78, 5) is 14.0. The van der Waals surface area contributed by atoms with Gasteiger partial charge in [0.1, 0.15) is 0 Å². The highest BCUT2D eigenvalue weighted by molar-refractivity contribution is 7.16. The van der Waals surface area contributed by atoms with E-state index in [1.807, 2.05) is 0 Å². The Kier molecular flexibility index (Phi) is 1.38. The summed E-state index contributed by atoms with van der Waals surface area (Å²) in [7, 11) is 0. The van der Waals surface area contributed by atoms with Crippen LogP contribution in [0.25, 0.3) is 10.2 Å². The second kappa shape index (κ2) is 2.45. The van der Waals surface area contributed by atoms with Crippen LogP contribution < -0.4 is 4.87 Å². The van der Waals surface area contributed by atoms with Gasteiger partial charge < -0.3 is 4.98 Å². The van der Waals surface area contributed by atoms with Crippen molar-refractivity contribution in [3.8, 4) is 0 Å². The lowest BCUT2D eigenvalue weighted by atomic mass is 10.1. The minimum atomic E-state index is 0.0543. The molecule has 0 radical (unpaired) electrons. The van der Waals surface area contributed by atoms with E-state index in [0.717, 1.165) is 10.2 Å². The number of aromatic amines is 1. The molecule has 3 rings (SSSR count). The van der Waals surface area contributed by atoms with Crippen molar-refractivity contribution >= 4 is 21.6 Å². The summed E-state index contributed by atoms with van der Waals surface area (Å²) in [5.74, 6) is 0. The Balaban J connectivity index is 2.41. The summed E-state index contributed by atoms with van der Waals surface area (Å²) in [6, 6.07) is 4.30. The Bertz CT molecular complexity index is 479. The lowest BCUT2D eigenvalue weighted by Crippen LogP contribution is -1.89. The second-order valence-corrected chi connectivity index (χ2v) is 4.50. The summed E-state index contributed by atoms with van der Waals surface area (Å²) in [5.41, 5.74) is 3.86. The van der Waals surface area contributed by atoms with Gasteiger partial charge in [-0.15, -0.1) is 0 Å². The van der Waals surface area contributed by atoms with Crippen molar-refractivity contribution in [3.05, 3.63) is 32.9 Å². The van der Waals surface area contributed by atoms with E-state index < -0.39 is 0 Å². The van der Waals surface area contributed by atoms with Crippen LogP contribution >= 0.6 is 11.3 Å². The zero-order valence-corrected chi connectivity index (χ0v) is 7.91. The first-order valence-electron chi connectivity index (χ1n) is 4.47. The van der Waals surface area contributed by atoms with Crippen LogP contribution in [-0.4, -0.2) is 4.98 Å². The van der Waals surface area contributed by atoms with Crippen LogP contribution in [0.2, 0.25) is 0 Å². The zero-order chi connectivity index (χ0) is 8.84. The summed E-state index contributed by atoms with van der Waals surface area (Å²) in [5, 5.41) is 0. The lowest BCUT2D eigenvalue weighted by molar-refractivity contribution is 0.912. The first-order chi connectivity index (χ1) is 6.33. The van der Waals surface area contributed by atoms with E-state index in [1.165, 1.54) is 41.7 Å². The Morgan fingerprint density at radius 2 is 2.00 bits per heavy atom. The number of nitrogens with one attached hydrogen (secondary N) is 1. The highest BCUT2D eigenvalue weighted by atomic mass is 32.1. The van der Waals surface area contributed by atoms with Gasteiger partial charge in [0.2, 0.25) is 0 Å². The molecule has 1 aliphatic carbocycles. The van der Waals surface area contributed by atoms with Gasteiger partial charge in [0.25, 0.3) is 0 Å². The molecule has 0 aliphatic heterocycles. The van der Waals surface area contributed by atoms with Crippen LogP contribution in [-0.2, 0) is 12.8 Å². The molecule has 1 aromatic carbocycles. The first-order valence-corrected chi connectivity index (χ1v) is 5.29. The van der Waals surface area contributed by atoms with E-state index in [1.54, 1.807) is 0 Å². The molecule has 0 unspecified atom stereocenters. The fourth-order valence-corrected chi connectivity index (χ4v) is 2.80.